The van der Waals surface area contributed by atoms with Crippen LogP contribution >= 0.6 is 11.3 Å². The molecule has 0 saturated carbocycles. The molecule has 0 atom stereocenters. The third kappa shape index (κ3) is 3.06. The molecule has 1 aromatic carbocycles. The number of aromatic nitrogens is 4. The number of aromatic carboxylic acids is 1. The van der Waals surface area contributed by atoms with Gasteiger partial charge in [-0.05, 0) is 25.0 Å². The van der Waals surface area contributed by atoms with Crippen molar-refractivity contribution >= 4 is 38.6 Å². The van der Waals surface area contributed by atoms with Crippen LogP contribution in [0.1, 0.15) is 34.9 Å². The SMILES string of the molecule is Cc1nc2ccccc2n1Cc1sc2c(c1C(=O)O)c(=O)n(C)c(=O)n2CC(C)C. The summed E-state index contributed by atoms with van der Waals surface area (Å²) in [6.45, 7) is 6.46. The Morgan fingerprint density at radius 2 is 1.90 bits per heavy atom. The molecule has 156 valence electrons. The van der Waals surface area contributed by atoms with Crippen molar-refractivity contribution in [1.29, 1.82) is 0 Å². The van der Waals surface area contributed by atoms with Gasteiger partial charge in [0.15, 0.2) is 0 Å². The fourth-order valence-electron chi connectivity index (χ4n) is 3.78. The Bertz CT molecular complexity index is 1420. The Hall–Kier alpha value is -3.20. The van der Waals surface area contributed by atoms with Gasteiger partial charge in [-0.15, -0.1) is 11.3 Å². The average Bonchev–Trinajstić information content (AvgIpc) is 3.22. The number of carbonyl (C=O) groups is 1. The molecule has 30 heavy (non-hydrogen) atoms. The maximum absolute atomic E-state index is 12.9. The van der Waals surface area contributed by atoms with Gasteiger partial charge in [0.25, 0.3) is 5.56 Å². The lowest BCUT2D eigenvalue weighted by Crippen LogP contribution is -2.38. The highest BCUT2D eigenvalue weighted by atomic mass is 32.1. The largest absolute Gasteiger partial charge is 0.478 e. The number of hydrogen-bond donors (Lipinski definition) is 1. The van der Waals surface area contributed by atoms with Gasteiger partial charge in [-0.2, -0.15) is 0 Å². The standard InChI is InChI=1S/C21H22N4O4S/c1-11(2)9-25-19-17(18(26)23(4)21(25)29)16(20(27)28)15(30-19)10-24-12(3)22-13-7-5-6-8-14(13)24/h5-8,11H,9-10H2,1-4H3,(H,27,28). The van der Waals surface area contributed by atoms with Gasteiger partial charge in [0.05, 0.1) is 28.5 Å². The summed E-state index contributed by atoms with van der Waals surface area (Å²) in [5.74, 6) is -0.273. The summed E-state index contributed by atoms with van der Waals surface area (Å²) >= 11 is 1.19. The molecule has 1 N–H and O–H groups in total. The van der Waals surface area contributed by atoms with Gasteiger partial charge >= 0.3 is 11.7 Å². The number of benzene rings is 1. The zero-order valence-corrected chi connectivity index (χ0v) is 18.0. The Balaban J connectivity index is 2.03. The number of rotatable bonds is 5. The number of imidazole rings is 1. The van der Waals surface area contributed by atoms with E-state index in [4.69, 9.17) is 0 Å². The topological polar surface area (TPSA) is 99.1 Å². The van der Waals surface area contributed by atoms with Crippen LogP contribution in [0.5, 0.6) is 0 Å². The minimum absolute atomic E-state index is 0.0368. The van der Waals surface area contributed by atoms with Crippen molar-refractivity contribution in [2.45, 2.75) is 33.9 Å². The normalized spacial score (nSPS) is 11.8. The first kappa shape index (κ1) is 20.1. The van der Waals surface area contributed by atoms with Crippen molar-refractivity contribution in [3.63, 3.8) is 0 Å². The lowest BCUT2D eigenvalue weighted by molar-refractivity contribution is 0.0698. The minimum atomic E-state index is -1.18. The van der Waals surface area contributed by atoms with Crippen molar-refractivity contribution in [1.82, 2.24) is 18.7 Å². The third-order valence-corrected chi connectivity index (χ3v) is 6.35. The molecule has 0 aliphatic carbocycles. The van der Waals surface area contributed by atoms with Crippen LogP contribution in [0.15, 0.2) is 33.9 Å². The summed E-state index contributed by atoms with van der Waals surface area (Å²) < 4.78 is 4.44. The predicted octanol–water partition coefficient (Wildman–Crippen LogP) is 2.82. The van der Waals surface area contributed by atoms with Gasteiger partial charge in [0.1, 0.15) is 10.7 Å². The van der Waals surface area contributed by atoms with E-state index in [1.165, 1.54) is 23.0 Å². The van der Waals surface area contributed by atoms with Gasteiger partial charge in [-0.1, -0.05) is 26.0 Å². The molecule has 0 aliphatic heterocycles. The van der Waals surface area contributed by atoms with E-state index in [1.807, 2.05) is 49.6 Å². The van der Waals surface area contributed by atoms with Gasteiger partial charge in [-0.3, -0.25) is 13.9 Å². The summed E-state index contributed by atoms with van der Waals surface area (Å²) in [7, 11) is 1.39. The fourth-order valence-corrected chi connectivity index (χ4v) is 5.05. The number of thiophene rings is 1. The lowest BCUT2D eigenvalue weighted by Gasteiger charge is -2.11. The van der Waals surface area contributed by atoms with E-state index < -0.39 is 17.2 Å². The van der Waals surface area contributed by atoms with Crippen molar-refractivity contribution in [3.8, 4) is 0 Å². The number of fused-ring (bicyclic) bond motifs is 2. The lowest BCUT2D eigenvalue weighted by atomic mass is 10.1. The maximum atomic E-state index is 12.9. The molecule has 0 saturated heterocycles. The van der Waals surface area contributed by atoms with E-state index in [0.717, 1.165) is 21.4 Å². The molecule has 0 bridgehead atoms. The van der Waals surface area contributed by atoms with Gasteiger partial charge in [-0.25, -0.2) is 14.6 Å². The third-order valence-electron chi connectivity index (χ3n) is 5.15. The molecular formula is C21H22N4O4S. The van der Waals surface area contributed by atoms with Crippen molar-refractivity contribution in [2.75, 3.05) is 0 Å². The summed E-state index contributed by atoms with van der Waals surface area (Å²) in [5.41, 5.74) is 0.652. The Morgan fingerprint density at radius 3 is 2.57 bits per heavy atom. The monoisotopic (exact) mass is 426 g/mol. The molecule has 3 heterocycles. The summed E-state index contributed by atoms with van der Waals surface area (Å²) in [6, 6.07) is 7.63. The average molecular weight is 426 g/mol. The highest BCUT2D eigenvalue weighted by molar-refractivity contribution is 7.19. The summed E-state index contributed by atoms with van der Waals surface area (Å²) in [6.07, 6.45) is 0. The Labute approximate surface area is 175 Å². The van der Waals surface area contributed by atoms with Crippen molar-refractivity contribution in [3.05, 3.63) is 61.4 Å². The molecular weight excluding hydrogens is 404 g/mol. The second-order valence-electron chi connectivity index (χ2n) is 7.77. The number of hydrogen-bond acceptors (Lipinski definition) is 5. The summed E-state index contributed by atoms with van der Waals surface area (Å²) in [4.78, 5) is 43.3. The second-order valence-corrected chi connectivity index (χ2v) is 8.85. The summed E-state index contributed by atoms with van der Waals surface area (Å²) in [5, 5.41) is 10.1. The molecule has 3 aromatic heterocycles. The number of aryl methyl sites for hydroxylation is 1. The number of para-hydroxylation sites is 2. The van der Waals surface area contributed by atoms with Gasteiger partial charge < -0.3 is 9.67 Å². The van der Waals surface area contributed by atoms with Crippen LogP contribution in [0.3, 0.4) is 0 Å². The van der Waals surface area contributed by atoms with Crippen LogP contribution in [0.25, 0.3) is 21.3 Å². The molecule has 0 amide bonds. The highest BCUT2D eigenvalue weighted by Gasteiger charge is 2.26. The Morgan fingerprint density at radius 1 is 1.20 bits per heavy atom. The molecule has 8 nitrogen and oxygen atoms in total. The molecule has 4 rings (SSSR count). The second kappa shape index (κ2) is 7.24. The highest BCUT2D eigenvalue weighted by Crippen LogP contribution is 2.31. The number of nitrogens with zero attached hydrogens (tertiary/aromatic N) is 4. The van der Waals surface area contributed by atoms with Gasteiger partial charge in [0.2, 0.25) is 0 Å². The van der Waals surface area contributed by atoms with E-state index in [9.17, 15) is 19.5 Å². The van der Waals surface area contributed by atoms with Crippen molar-refractivity contribution in [2.24, 2.45) is 13.0 Å². The molecule has 4 aromatic rings. The molecule has 0 aliphatic rings. The molecule has 9 heteroatoms. The Kier molecular flexibility index (Phi) is 4.85. The number of carboxylic acid groups (broad SMARTS) is 1. The van der Waals surface area contributed by atoms with E-state index in [0.29, 0.717) is 16.3 Å². The fraction of sp³-hybridized carbons (Fsp3) is 0.333. The molecule has 0 spiro atoms. The first-order chi connectivity index (χ1) is 14.2. The van der Waals surface area contributed by atoms with Crippen LogP contribution in [0.4, 0.5) is 0 Å². The molecule has 0 fully saturated rings. The smallest absolute Gasteiger partial charge is 0.337 e. The van der Waals surface area contributed by atoms with E-state index in [-0.39, 0.29) is 23.4 Å². The minimum Gasteiger partial charge on any atom is -0.478 e. The van der Waals surface area contributed by atoms with Crippen LogP contribution in [0.2, 0.25) is 0 Å². The quantitative estimate of drug-likeness (QED) is 0.529. The van der Waals surface area contributed by atoms with Crippen molar-refractivity contribution < 1.29 is 9.90 Å². The van der Waals surface area contributed by atoms with Crippen LogP contribution < -0.4 is 11.2 Å². The number of carboxylic acids is 1. The van der Waals surface area contributed by atoms with Crippen LogP contribution in [-0.2, 0) is 20.1 Å². The predicted molar refractivity (Wildman–Crippen MR) is 117 cm³/mol. The molecule has 0 radical (unpaired) electrons. The van der Waals surface area contributed by atoms with Gasteiger partial charge in [0, 0.05) is 18.5 Å². The zero-order valence-electron chi connectivity index (χ0n) is 17.2. The molecule has 0 unspecified atom stereocenters. The first-order valence-electron chi connectivity index (χ1n) is 9.61. The zero-order chi connectivity index (χ0) is 21.7. The maximum Gasteiger partial charge on any atom is 0.337 e. The van der Waals surface area contributed by atoms with E-state index >= 15 is 0 Å². The van der Waals surface area contributed by atoms with E-state index in [2.05, 4.69) is 4.98 Å². The van der Waals surface area contributed by atoms with E-state index in [1.54, 1.807) is 0 Å². The first-order valence-corrected chi connectivity index (χ1v) is 10.4. The van der Waals surface area contributed by atoms with Crippen LogP contribution in [0, 0.1) is 12.8 Å². The van der Waals surface area contributed by atoms with Crippen LogP contribution in [-0.4, -0.2) is 29.8 Å².